The number of carboxylic acids is 1. The fraction of sp³-hybridized carbons (Fsp3) is 0.426. The van der Waals surface area contributed by atoms with Crippen molar-refractivity contribution in [3.63, 3.8) is 0 Å². The molecule has 6 amide bonds. The summed E-state index contributed by atoms with van der Waals surface area (Å²) in [6.45, 7) is 9.35. The fourth-order valence-corrected chi connectivity index (χ4v) is 10.7. The summed E-state index contributed by atoms with van der Waals surface area (Å²) in [5.74, 6) is -5.09. The molecule has 1 fully saturated rings. The Kier molecular flexibility index (Phi) is 19.3. The van der Waals surface area contributed by atoms with Crippen LogP contribution in [0.1, 0.15) is 107 Å². The molecule has 5 aromatic rings. The number of aliphatic carboxylic acids is 1. The number of carbonyl (C=O) groups is 7. The fourth-order valence-electron chi connectivity index (χ4n) is 9.08. The van der Waals surface area contributed by atoms with Crippen molar-refractivity contribution in [1.82, 2.24) is 31.5 Å². The van der Waals surface area contributed by atoms with Crippen molar-refractivity contribution in [2.24, 2.45) is 0 Å². The number of nitrogens with zero attached hydrogens (tertiary/aromatic N) is 1. The first-order chi connectivity index (χ1) is 35.1. The SMILES string of the molecule is CCC[C@H](NC(=O)[C@H](Cc1ccc(CS(=O)(=O)O)cc1)NC(=O)c1c(OCC)ccc2ccccc12)C(=O)N1CCC[C@H]1C(=O)N[C@@H](Cc1csc2ccccc12)C(=O)N[C@@H](CCCC(=O)O)C(=O)NC(C)(C)C. The Hall–Kier alpha value is -6.90. The van der Waals surface area contributed by atoms with Crippen LogP contribution >= 0.6 is 11.3 Å². The topological polar surface area (TPSA) is 267 Å². The van der Waals surface area contributed by atoms with Crippen molar-refractivity contribution in [3.8, 4) is 5.75 Å². The van der Waals surface area contributed by atoms with Gasteiger partial charge in [-0.15, -0.1) is 11.3 Å². The lowest BCUT2D eigenvalue weighted by atomic mass is 10.00. The summed E-state index contributed by atoms with van der Waals surface area (Å²) < 4.78 is 39.4. The van der Waals surface area contributed by atoms with E-state index in [0.717, 1.165) is 21.0 Å². The van der Waals surface area contributed by atoms with Crippen LogP contribution in [0.25, 0.3) is 20.9 Å². The number of benzene rings is 4. The molecule has 6 rings (SSSR count). The Morgan fingerprint density at radius 3 is 2.07 bits per heavy atom. The van der Waals surface area contributed by atoms with E-state index < -0.39 is 93.0 Å². The highest BCUT2D eigenvalue weighted by Gasteiger charge is 2.40. The number of fused-ring (bicyclic) bond motifs is 2. The monoisotopic (exact) mass is 1050 g/mol. The van der Waals surface area contributed by atoms with Gasteiger partial charge in [-0.3, -0.25) is 38.1 Å². The van der Waals surface area contributed by atoms with Crippen LogP contribution in [0.2, 0.25) is 0 Å². The van der Waals surface area contributed by atoms with Crippen LogP contribution in [0, 0.1) is 0 Å². The Morgan fingerprint density at radius 2 is 1.41 bits per heavy atom. The maximum atomic E-state index is 14.7. The molecule has 0 radical (unpaired) electrons. The number of amides is 6. The van der Waals surface area contributed by atoms with Gasteiger partial charge < -0.3 is 41.3 Å². The van der Waals surface area contributed by atoms with Gasteiger partial charge in [-0.05, 0) is 110 Å². The normalized spacial score (nSPS) is 15.4. The first kappa shape index (κ1) is 56.4. The highest BCUT2D eigenvalue weighted by atomic mass is 32.2. The number of carboxylic acid groups (broad SMARTS) is 1. The van der Waals surface area contributed by atoms with Gasteiger partial charge in [0.2, 0.25) is 29.5 Å². The highest BCUT2D eigenvalue weighted by molar-refractivity contribution is 7.85. The van der Waals surface area contributed by atoms with Gasteiger partial charge in [-0.1, -0.05) is 86.1 Å². The predicted molar refractivity (Wildman–Crippen MR) is 282 cm³/mol. The molecule has 1 aliphatic heterocycles. The minimum absolute atomic E-state index is 0.0167. The molecular formula is C54H66N6O12S2. The molecule has 0 saturated carbocycles. The third-order valence-corrected chi connectivity index (χ3v) is 14.2. The molecule has 0 unspecified atom stereocenters. The van der Waals surface area contributed by atoms with Crippen LogP contribution in [0.4, 0.5) is 0 Å². The van der Waals surface area contributed by atoms with E-state index in [1.807, 2.05) is 54.8 Å². The summed E-state index contributed by atoms with van der Waals surface area (Å²) in [5.41, 5.74) is 1.11. The maximum absolute atomic E-state index is 14.7. The number of nitrogens with one attached hydrogen (secondary N) is 5. The van der Waals surface area contributed by atoms with E-state index in [-0.39, 0.29) is 63.7 Å². The van der Waals surface area contributed by atoms with Gasteiger partial charge in [0, 0.05) is 36.0 Å². The average molecular weight is 1060 g/mol. The molecule has 1 aromatic heterocycles. The summed E-state index contributed by atoms with van der Waals surface area (Å²) >= 11 is 1.47. The van der Waals surface area contributed by atoms with E-state index in [1.54, 1.807) is 58.0 Å². The van der Waals surface area contributed by atoms with E-state index in [0.29, 0.717) is 35.1 Å². The van der Waals surface area contributed by atoms with Crippen LogP contribution in [0.3, 0.4) is 0 Å². The number of hydrogen-bond acceptors (Lipinski definition) is 11. The van der Waals surface area contributed by atoms with Crippen LogP contribution in [-0.2, 0) is 57.5 Å². The van der Waals surface area contributed by atoms with Crippen molar-refractivity contribution < 1.29 is 56.4 Å². The quantitative estimate of drug-likeness (QED) is 0.0360. The van der Waals surface area contributed by atoms with E-state index in [1.165, 1.54) is 28.4 Å². The molecule has 1 saturated heterocycles. The minimum atomic E-state index is -4.33. The first-order valence-electron chi connectivity index (χ1n) is 24.8. The van der Waals surface area contributed by atoms with Crippen molar-refractivity contribution in [2.45, 2.75) is 134 Å². The summed E-state index contributed by atoms with van der Waals surface area (Å²) in [4.78, 5) is 99.0. The zero-order valence-corrected chi connectivity index (χ0v) is 43.9. The second-order valence-electron chi connectivity index (χ2n) is 19.5. The molecule has 5 atom stereocenters. The summed E-state index contributed by atoms with van der Waals surface area (Å²) in [6, 6.07) is 18.6. The number of thiophene rings is 1. The molecule has 7 N–H and O–H groups in total. The van der Waals surface area contributed by atoms with Gasteiger partial charge in [0.1, 0.15) is 41.7 Å². The molecule has 1 aliphatic rings. The van der Waals surface area contributed by atoms with E-state index >= 15 is 0 Å². The van der Waals surface area contributed by atoms with Crippen molar-refractivity contribution in [3.05, 3.63) is 113 Å². The van der Waals surface area contributed by atoms with Crippen molar-refractivity contribution >= 4 is 83.7 Å². The maximum Gasteiger partial charge on any atom is 0.303 e. The zero-order chi connectivity index (χ0) is 53.7. The number of carbonyl (C=O) groups excluding carboxylic acids is 6. The Morgan fingerprint density at radius 1 is 0.757 bits per heavy atom. The first-order valence-corrected chi connectivity index (χ1v) is 27.3. The number of ether oxygens (including phenoxy) is 1. The minimum Gasteiger partial charge on any atom is -0.493 e. The second-order valence-corrected chi connectivity index (χ2v) is 21.9. The zero-order valence-electron chi connectivity index (χ0n) is 42.3. The molecule has 0 bridgehead atoms. The molecule has 20 heteroatoms. The van der Waals surface area contributed by atoms with Gasteiger partial charge in [0.25, 0.3) is 16.0 Å². The lowest BCUT2D eigenvalue weighted by molar-refractivity contribution is -0.142. The van der Waals surface area contributed by atoms with Gasteiger partial charge in [0.15, 0.2) is 0 Å². The van der Waals surface area contributed by atoms with Crippen LogP contribution in [-0.4, -0.2) is 113 Å². The Bertz CT molecular complexity index is 2950. The number of hydrogen-bond donors (Lipinski definition) is 7. The van der Waals surface area contributed by atoms with E-state index in [4.69, 9.17) is 4.74 Å². The molecule has 0 aliphatic carbocycles. The molecule has 2 heterocycles. The largest absolute Gasteiger partial charge is 0.493 e. The predicted octanol–water partition coefficient (Wildman–Crippen LogP) is 5.84. The third kappa shape index (κ3) is 15.6. The van der Waals surface area contributed by atoms with Gasteiger partial charge >= 0.3 is 5.97 Å². The van der Waals surface area contributed by atoms with Crippen molar-refractivity contribution in [1.29, 1.82) is 0 Å². The molecule has 396 valence electrons. The standard InChI is InChI=1S/C54H66N6O12S2/c1-6-14-40(56-48(63)41(29-33-22-24-34(25-23-33)32-74(69,70)71)58-52(67)47-38-17-9-8-15-35(38)26-27-44(47)72-7-2)53(68)60-28-13-19-43(60)51(66)57-42(30-36-31-73-45-20-11-10-16-37(36)45)49(64)55-39(18-12-21-46(61)62)50(65)59-54(3,4)5/h8-11,15-17,20,22-27,31,39-43H,6-7,12-14,18-19,21,28-30,32H2,1-5H3,(H,55,64)(H,56,63)(H,57,66)(H,58,67)(H,59,65)(H,61,62)(H,69,70,71)/t39-,40-,41-,42-,43-/m0/s1. The third-order valence-electron chi connectivity index (χ3n) is 12.5. The second kappa shape index (κ2) is 25.4. The van der Waals surface area contributed by atoms with Gasteiger partial charge in [-0.2, -0.15) is 8.42 Å². The smallest absolute Gasteiger partial charge is 0.303 e. The lowest BCUT2D eigenvalue weighted by Gasteiger charge is -2.31. The van der Waals surface area contributed by atoms with Gasteiger partial charge in [0.05, 0.1) is 12.2 Å². The Labute approximate surface area is 435 Å². The van der Waals surface area contributed by atoms with Gasteiger partial charge in [-0.25, -0.2) is 0 Å². The van der Waals surface area contributed by atoms with E-state index in [2.05, 4.69) is 26.6 Å². The number of likely N-dealkylation sites (tertiary alicyclic amines) is 1. The lowest BCUT2D eigenvalue weighted by Crippen LogP contribution is -2.59. The number of rotatable bonds is 24. The van der Waals surface area contributed by atoms with Crippen LogP contribution in [0.5, 0.6) is 5.75 Å². The molecule has 18 nitrogen and oxygen atoms in total. The summed E-state index contributed by atoms with van der Waals surface area (Å²) in [7, 11) is -4.33. The van der Waals surface area contributed by atoms with Crippen LogP contribution in [0.15, 0.2) is 90.3 Å². The average Bonchev–Trinajstić information content (AvgIpc) is 4.00. The summed E-state index contributed by atoms with van der Waals surface area (Å²) in [6.07, 6.45) is 1.09. The highest BCUT2D eigenvalue weighted by Crippen LogP contribution is 2.30. The molecular weight excluding hydrogens is 989 g/mol. The summed E-state index contributed by atoms with van der Waals surface area (Å²) in [5, 5.41) is 27.7. The Balaban J connectivity index is 1.26. The molecule has 0 spiro atoms. The molecule has 4 aromatic carbocycles. The molecule has 74 heavy (non-hydrogen) atoms. The van der Waals surface area contributed by atoms with Crippen LogP contribution < -0.4 is 31.3 Å². The van der Waals surface area contributed by atoms with Crippen molar-refractivity contribution in [2.75, 3.05) is 13.2 Å². The van der Waals surface area contributed by atoms with E-state index in [9.17, 15) is 51.6 Å².